The van der Waals surface area contributed by atoms with Crippen molar-refractivity contribution in [1.82, 2.24) is 10.6 Å². The van der Waals surface area contributed by atoms with Crippen molar-refractivity contribution in [2.24, 2.45) is 17.8 Å². The number of benzene rings is 1. The van der Waals surface area contributed by atoms with E-state index in [1.807, 2.05) is 6.07 Å². The minimum atomic E-state index is -0.826. The quantitative estimate of drug-likeness (QED) is 0.781. The fourth-order valence-electron chi connectivity index (χ4n) is 6.73. The van der Waals surface area contributed by atoms with E-state index in [2.05, 4.69) is 28.8 Å². The molecule has 1 unspecified atom stereocenters. The van der Waals surface area contributed by atoms with Gasteiger partial charge in [-0.15, -0.1) is 0 Å². The number of rotatable bonds is 3. The van der Waals surface area contributed by atoms with Gasteiger partial charge in [-0.3, -0.25) is 0 Å². The summed E-state index contributed by atoms with van der Waals surface area (Å²) in [6.45, 7) is 0.333. The van der Waals surface area contributed by atoms with Crippen molar-refractivity contribution >= 4 is 6.03 Å². The van der Waals surface area contributed by atoms with Crippen molar-refractivity contribution < 1.29 is 9.90 Å². The number of urea groups is 1. The van der Waals surface area contributed by atoms with Gasteiger partial charge in [0, 0.05) is 18.5 Å². The van der Waals surface area contributed by atoms with Crippen LogP contribution < -0.4 is 10.6 Å². The van der Waals surface area contributed by atoms with Crippen molar-refractivity contribution in [1.29, 1.82) is 0 Å². The SMILES string of the molecule is O=C(NCC1(O)CCc2ccccc2C1)NC12CC3CC(CC(C3)C1)C2. The zero-order valence-electron chi connectivity index (χ0n) is 15.5. The van der Waals surface area contributed by atoms with Crippen molar-refractivity contribution in [2.75, 3.05) is 6.54 Å². The molecule has 1 atom stereocenters. The maximum Gasteiger partial charge on any atom is 0.315 e. The average Bonchev–Trinajstić information content (AvgIpc) is 2.58. The van der Waals surface area contributed by atoms with Crippen LogP contribution in [-0.2, 0) is 12.8 Å². The van der Waals surface area contributed by atoms with Crippen LogP contribution in [0.15, 0.2) is 24.3 Å². The smallest absolute Gasteiger partial charge is 0.315 e. The van der Waals surface area contributed by atoms with Gasteiger partial charge in [0.1, 0.15) is 0 Å². The molecule has 4 fully saturated rings. The third-order valence-electron chi connectivity index (χ3n) is 7.49. The second-order valence-electron chi connectivity index (χ2n) is 9.68. The Kier molecular flexibility index (Phi) is 3.82. The van der Waals surface area contributed by atoms with Gasteiger partial charge in [-0.05, 0) is 80.2 Å². The highest BCUT2D eigenvalue weighted by molar-refractivity contribution is 5.75. The number of hydrogen-bond acceptors (Lipinski definition) is 2. The van der Waals surface area contributed by atoms with Crippen LogP contribution in [0.3, 0.4) is 0 Å². The molecule has 4 bridgehead atoms. The lowest BCUT2D eigenvalue weighted by Gasteiger charge is -2.56. The first-order valence-corrected chi connectivity index (χ1v) is 10.4. The summed E-state index contributed by atoms with van der Waals surface area (Å²) >= 11 is 0. The highest BCUT2D eigenvalue weighted by Gasteiger charge is 2.51. The maximum atomic E-state index is 12.6. The Morgan fingerprint density at radius 1 is 1.04 bits per heavy atom. The molecule has 0 radical (unpaired) electrons. The van der Waals surface area contributed by atoms with Gasteiger partial charge < -0.3 is 15.7 Å². The Labute approximate surface area is 155 Å². The fraction of sp³-hybridized carbons (Fsp3) is 0.682. The molecule has 3 N–H and O–H groups in total. The van der Waals surface area contributed by atoms with Crippen molar-refractivity contribution in [3.8, 4) is 0 Å². The van der Waals surface area contributed by atoms with Crippen LogP contribution in [0.2, 0.25) is 0 Å². The summed E-state index contributed by atoms with van der Waals surface area (Å²) < 4.78 is 0. The van der Waals surface area contributed by atoms with Crippen LogP contribution >= 0.6 is 0 Å². The summed E-state index contributed by atoms with van der Waals surface area (Å²) in [7, 11) is 0. The van der Waals surface area contributed by atoms with Crippen LogP contribution in [0, 0.1) is 17.8 Å². The molecule has 4 heteroatoms. The first kappa shape index (κ1) is 16.6. The molecular formula is C22H30N2O2. The number of fused-ring (bicyclic) bond motifs is 1. The number of carbonyl (C=O) groups excluding carboxylic acids is 1. The van der Waals surface area contributed by atoms with Crippen LogP contribution in [0.1, 0.15) is 56.1 Å². The maximum absolute atomic E-state index is 12.6. The molecule has 5 aliphatic carbocycles. The normalized spacial score (nSPS) is 40.1. The molecular weight excluding hydrogens is 324 g/mol. The van der Waals surface area contributed by atoms with E-state index in [1.54, 1.807) is 0 Å². The topological polar surface area (TPSA) is 61.4 Å². The summed E-state index contributed by atoms with van der Waals surface area (Å²) in [4.78, 5) is 12.6. The van der Waals surface area contributed by atoms with E-state index in [0.717, 1.165) is 43.4 Å². The standard InChI is InChI=1S/C22H30N2O2/c25-20(24-21-10-15-7-16(11-21)9-17(8-15)12-21)23-14-22(26)6-5-18-3-1-2-4-19(18)13-22/h1-4,15-17,26H,5-14H2,(H2,23,24,25). The van der Waals surface area contributed by atoms with Gasteiger partial charge in [0.15, 0.2) is 0 Å². The van der Waals surface area contributed by atoms with Gasteiger partial charge in [-0.25, -0.2) is 4.79 Å². The summed E-state index contributed by atoms with van der Waals surface area (Å²) in [5, 5.41) is 17.3. The lowest BCUT2D eigenvalue weighted by Crippen LogP contribution is -2.62. The Morgan fingerprint density at radius 3 is 2.31 bits per heavy atom. The molecule has 4 saturated carbocycles. The highest BCUT2D eigenvalue weighted by Crippen LogP contribution is 2.55. The predicted molar refractivity (Wildman–Crippen MR) is 101 cm³/mol. The number of aliphatic hydroxyl groups is 1. The molecule has 2 amide bonds. The zero-order chi connectivity index (χ0) is 17.8. The Balaban J connectivity index is 1.19. The van der Waals surface area contributed by atoms with Crippen molar-refractivity contribution in [3.05, 3.63) is 35.4 Å². The molecule has 0 aliphatic heterocycles. The third-order valence-corrected chi connectivity index (χ3v) is 7.49. The second-order valence-corrected chi connectivity index (χ2v) is 9.68. The molecule has 0 heterocycles. The van der Waals surface area contributed by atoms with Crippen molar-refractivity contribution in [2.45, 2.75) is 68.9 Å². The van der Waals surface area contributed by atoms with Gasteiger partial charge in [-0.1, -0.05) is 24.3 Å². The van der Waals surface area contributed by atoms with Crippen LogP contribution in [-0.4, -0.2) is 28.8 Å². The molecule has 1 aromatic carbocycles. The molecule has 5 aliphatic rings. The van der Waals surface area contributed by atoms with E-state index < -0.39 is 5.60 Å². The Morgan fingerprint density at radius 2 is 1.65 bits per heavy atom. The lowest BCUT2D eigenvalue weighted by molar-refractivity contribution is -0.0145. The van der Waals surface area contributed by atoms with Crippen LogP contribution in [0.4, 0.5) is 4.79 Å². The number of hydrogen-bond donors (Lipinski definition) is 3. The van der Waals surface area contributed by atoms with E-state index in [1.165, 1.54) is 30.4 Å². The fourth-order valence-corrected chi connectivity index (χ4v) is 6.73. The number of aryl methyl sites for hydroxylation is 1. The molecule has 26 heavy (non-hydrogen) atoms. The molecule has 6 rings (SSSR count). The average molecular weight is 354 g/mol. The zero-order valence-corrected chi connectivity index (χ0v) is 15.5. The van der Waals surface area contributed by atoms with Gasteiger partial charge in [0.05, 0.1) is 5.60 Å². The first-order chi connectivity index (χ1) is 12.5. The molecule has 140 valence electrons. The highest BCUT2D eigenvalue weighted by atomic mass is 16.3. The van der Waals surface area contributed by atoms with Crippen LogP contribution in [0.25, 0.3) is 0 Å². The molecule has 0 spiro atoms. The van der Waals surface area contributed by atoms with Crippen molar-refractivity contribution in [3.63, 3.8) is 0 Å². The van der Waals surface area contributed by atoms with Gasteiger partial charge in [0.25, 0.3) is 0 Å². The number of amides is 2. The summed E-state index contributed by atoms with van der Waals surface area (Å²) in [6, 6.07) is 8.23. The summed E-state index contributed by atoms with van der Waals surface area (Å²) in [5.74, 6) is 2.46. The summed E-state index contributed by atoms with van der Waals surface area (Å²) in [5.41, 5.74) is 1.74. The first-order valence-electron chi connectivity index (χ1n) is 10.4. The molecule has 0 aromatic heterocycles. The van der Waals surface area contributed by atoms with Gasteiger partial charge in [-0.2, -0.15) is 0 Å². The second kappa shape index (κ2) is 5.98. The van der Waals surface area contributed by atoms with E-state index in [0.29, 0.717) is 19.4 Å². The largest absolute Gasteiger partial charge is 0.388 e. The minimum Gasteiger partial charge on any atom is -0.388 e. The summed E-state index contributed by atoms with van der Waals surface area (Å²) in [6.07, 6.45) is 9.82. The van der Waals surface area contributed by atoms with E-state index in [4.69, 9.17) is 0 Å². The van der Waals surface area contributed by atoms with Crippen LogP contribution in [0.5, 0.6) is 0 Å². The Bertz CT molecular complexity index is 681. The van der Waals surface area contributed by atoms with E-state index in [-0.39, 0.29) is 11.6 Å². The van der Waals surface area contributed by atoms with E-state index >= 15 is 0 Å². The lowest BCUT2D eigenvalue weighted by atomic mass is 9.53. The number of carbonyl (C=O) groups is 1. The Hall–Kier alpha value is -1.55. The van der Waals surface area contributed by atoms with Gasteiger partial charge in [0.2, 0.25) is 0 Å². The minimum absolute atomic E-state index is 0.0284. The molecule has 1 aromatic rings. The van der Waals surface area contributed by atoms with E-state index in [9.17, 15) is 9.90 Å². The predicted octanol–water partition coefficient (Wildman–Crippen LogP) is 3.17. The molecule has 4 nitrogen and oxygen atoms in total. The third kappa shape index (κ3) is 3.02. The van der Waals surface area contributed by atoms with Gasteiger partial charge >= 0.3 is 6.03 Å². The molecule has 0 saturated heterocycles. The number of nitrogens with one attached hydrogen (secondary N) is 2. The monoisotopic (exact) mass is 354 g/mol.